The van der Waals surface area contributed by atoms with E-state index in [1.54, 1.807) is 6.20 Å². The molecule has 0 aliphatic carbocycles. The lowest BCUT2D eigenvalue weighted by atomic mass is 9.86. The van der Waals surface area contributed by atoms with Crippen molar-refractivity contribution in [3.8, 4) is 10.6 Å². The van der Waals surface area contributed by atoms with E-state index in [0.29, 0.717) is 18.0 Å². The Labute approximate surface area is 173 Å². The fourth-order valence-corrected chi connectivity index (χ4v) is 4.80. The second kappa shape index (κ2) is 7.29. The molecule has 1 aliphatic heterocycles. The number of nitrogens with zero attached hydrogens (tertiary/aromatic N) is 4. The summed E-state index contributed by atoms with van der Waals surface area (Å²) in [6.07, 6.45) is 5.64. The molecule has 1 unspecified atom stereocenters. The first-order valence-electron chi connectivity index (χ1n) is 9.56. The second-order valence-corrected chi connectivity index (χ2v) is 8.31. The molecule has 5 nitrogen and oxygen atoms in total. The molecule has 1 amide bonds. The third-order valence-electron chi connectivity index (χ3n) is 5.35. The lowest BCUT2D eigenvalue weighted by molar-refractivity contribution is 0.0729. The Morgan fingerprint density at radius 1 is 1.07 bits per heavy atom. The summed E-state index contributed by atoms with van der Waals surface area (Å²) in [5.41, 5.74) is 4.63. The normalized spacial score (nSPS) is 15.9. The van der Waals surface area contributed by atoms with Crippen LogP contribution in [0.4, 0.5) is 0 Å². The first-order chi connectivity index (χ1) is 14.2. The number of thiazole rings is 1. The maximum atomic E-state index is 13.3. The lowest BCUT2D eigenvalue weighted by Gasteiger charge is -2.34. The first-order valence-corrected chi connectivity index (χ1v) is 10.4. The fourth-order valence-electron chi connectivity index (χ4n) is 3.91. The summed E-state index contributed by atoms with van der Waals surface area (Å²) in [4.78, 5) is 20.4. The number of aromatic nitrogens is 3. The second-order valence-electron chi connectivity index (χ2n) is 7.28. The minimum Gasteiger partial charge on any atom is -0.333 e. The molecule has 0 bridgehead atoms. The van der Waals surface area contributed by atoms with Gasteiger partial charge >= 0.3 is 0 Å². The van der Waals surface area contributed by atoms with E-state index in [-0.39, 0.29) is 11.8 Å². The van der Waals surface area contributed by atoms with Crippen LogP contribution >= 0.6 is 11.3 Å². The third kappa shape index (κ3) is 3.36. The van der Waals surface area contributed by atoms with E-state index in [2.05, 4.69) is 28.3 Å². The van der Waals surface area contributed by atoms with E-state index in [4.69, 9.17) is 0 Å². The Morgan fingerprint density at radius 2 is 1.86 bits per heavy atom. The van der Waals surface area contributed by atoms with E-state index < -0.39 is 0 Å². The van der Waals surface area contributed by atoms with Crippen LogP contribution < -0.4 is 0 Å². The molecule has 0 saturated carbocycles. The van der Waals surface area contributed by atoms with Crippen molar-refractivity contribution in [2.24, 2.45) is 7.05 Å². The van der Waals surface area contributed by atoms with Gasteiger partial charge in [0, 0.05) is 37.8 Å². The molecule has 0 N–H and O–H groups in total. The van der Waals surface area contributed by atoms with Crippen molar-refractivity contribution in [1.29, 1.82) is 0 Å². The summed E-state index contributed by atoms with van der Waals surface area (Å²) < 4.78 is 1.81. The molecule has 0 fully saturated rings. The van der Waals surface area contributed by atoms with Crippen molar-refractivity contribution in [2.45, 2.75) is 12.5 Å². The summed E-state index contributed by atoms with van der Waals surface area (Å²) in [6, 6.07) is 18.4. The van der Waals surface area contributed by atoms with Crippen molar-refractivity contribution < 1.29 is 4.79 Å². The molecule has 6 heteroatoms. The van der Waals surface area contributed by atoms with Gasteiger partial charge in [0.05, 0.1) is 12.4 Å². The van der Waals surface area contributed by atoms with Gasteiger partial charge in [-0.2, -0.15) is 5.10 Å². The van der Waals surface area contributed by atoms with Crippen molar-refractivity contribution >= 4 is 17.2 Å². The predicted molar refractivity (Wildman–Crippen MR) is 114 cm³/mol. The third-order valence-corrected chi connectivity index (χ3v) is 6.38. The standard InChI is InChI=1S/C23H20N4OS/c1-26-13-18(11-25-26)20-15-27(14-17-9-5-6-10-19(17)20)23(28)21-12-24-22(29-21)16-7-3-2-4-8-16/h2-13,20H,14-15H2,1H3. The number of carbonyl (C=O) groups is 1. The number of hydrogen-bond donors (Lipinski definition) is 0. The molecule has 4 aromatic rings. The molecule has 29 heavy (non-hydrogen) atoms. The number of aryl methyl sites for hydroxylation is 1. The molecule has 2 aromatic heterocycles. The van der Waals surface area contributed by atoms with Gasteiger partial charge in [0.2, 0.25) is 0 Å². The Morgan fingerprint density at radius 3 is 2.66 bits per heavy atom. The van der Waals surface area contributed by atoms with E-state index in [1.807, 2.05) is 65.4 Å². The summed E-state index contributed by atoms with van der Waals surface area (Å²) in [5, 5.41) is 5.21. The highest BCUT2D eigenvalue weighted by molar-refractivity contribution is 7.16. The van der Waals surface area contributed by atoms with E-state index >= 15 is 0 Å². The van der Waals surface area contributed by atoms with E-state index in [9.17, 15) is 4.79 Å². The van der Waals surface area contributed by atoms with E-state index in [1.165, 1.54) is 22.5 Å². The predicted octanol–water partition coefficient (Wildman–Crippen LogP) is 4.33. The van der Waals surface area contributed by atoms with Crippen LogP contribution in [0, 0.1) is 0 Å². The van der Waals surface area contributed by atoms with Crippen LogP contribution in [0.25, 0.3) is 10.6 Å². The Kier molecular flexibility index (Phi) is 4.48. The zero-order chi connectivity index (χ0) is 19.8. The van der Waals surface area contributed by atoms with Gasteiger partial charge < -0.3 is 4.90 Å². The number of fused-ring (bicyclic) bond motifs is 1. The average Bonchev–Trinajstić information content (AvgIpc) is 3.42. The van der Waals surface area contributed by atoms with E-state index in [0.717, 1.165) is 16.1 Å². The van der Waals surface area contributed by atoms with Gasteiger partial charge in [0.1, 0.15) is 9.88 Å². The molecule has 0 spiro atoms. The SMILES string of the molecule is Cn1cc(C2CN(C(=O)c3cnc(-c4ccccc4)s3)Cc3ccccc32)cn1. The quantitative estimate of drug-likeness (QED) is 0.514. The van der Waals surface area contributed by atoms with Crippen molar-refractivity contribution in [2.75, 3.05) is 6.54 Å². The molecule has 0 radical (unpaired) electrons. The highest BCUT2D eigenvalue weighted by Gasteiger charge is 2.31. The molecular formula is C23H20N4OS. The summed E-state index contributed by atoms with van der Waals surface area (Å²) in [7, 11) is 1.92. The Bertz CT molecular complexity index is 1160. The van der Waals surface area contributed by atoms with Crippen LogP contribution in [0.1, 0.15) is 32.3 Å². The van der Waals surface area contributed by atoms with Crippen LogP contribution in [0.5, 0.6) is 0 Å². The van der Waals surface area contributed by atoms with Crippen molar-refractivity contribution in [3.05, 3.63) is 94.8 Å². The number of amides is 1. The molecule has 2 aromatic carbocycles. The molecule has 3 heterocycles. The minimum atomic E-state index is 0.0353. The van der Waals surface area contributed by atoms with Gasteiger partial charge in [-0.25, -0.2) is 4.98 Å². The van der Waals surface area contributed by atoms with Gasteiger partial charge in [-0.1, -0.05) is 54.6 Å². The maximum Gasteiger partial charge on any atom is 0.265 e. The number of rotatable bonds is 3. The molecule has 0 saturated heterocycles. The number of carbonyl (C=O) groups excluding carboxylic acids is 1. The van der Waals surface area contributed by atoms with Crippen LogP contribution in [0.2, 0.25) is 0 Å². The van der Waals surface area contributed by atoms with Crippen LogP contribution in [-0.2, 0) is 13.6 Å². The lowest BCUT2D eigenvalue weighted by Crippen LogP contribution is -2.38. The number of benzene rings is 2. The highest BCUT2D eigenvalue weighted by Crippen LogP contribution is 2.35. The van der Waals surface area contributed by atoms with Crippen molar-refractivity contribution in [3.63, 3.8) is 0 Å². The van der Waals surface area contributed by atoms with Crippen LogP contribution in [-0.4, -0.2) is 32.1 Å². The van der Waals surface area contributed by atoms with Crippen LogP contribution in [0.3, 0.4) is 0 Å². The number of hydrogen-bond acceptors (Lipinski definition) is 4. The maximum absolute atomic E-state index is 13.3. The smallest absolute Gasteiger partial charge is 0.265 e. The highest BCUT2D eigenvalue weighted by atomic mass is 32.1. The fraction of sp³-hybridized carbons (Fsp3) is 0.174. The molecule has 5 rings (SSSR count). The van der Waals surface area contributed by atoms with Crippen molar-refractivity contribution in [1.82, 2.24) is 19.7 Å². The first kappa shape index (κ1) is 17.8. The summed E-state index contributed by atoms with van der Waals surface area (Å²) in [6.45, 7) is 1.25. The largest absolute Gasteiger partial charge is 0.333 e. The topological polar surface area (TPSA) is 51.0 Å². The zero-order valence-corrected chi connectivity index (χ0v) is 16.8. The van der Waals surface area contributed by atoms with Gasteiger partial charge in [-0.3, -0.25) is 9.48 Å². The average molecular weight is 401 g/mol. The Balaban J connectivity index is 1.46. The minimum absolute atomic E-state index is 0.0353. The van der Waals surface area contributed by atoms with Gasteiger partial charge in [-0.15, -0.1) is 11.3 Å². The molecule has 1 atom stereocenters. The summed E-state index contributed by atoms with van der Waals surface area (Å²) >= 11 is 1.45. The van der Waals surface area contributed by atoms with Gasteiger partial charge in [0.25, 0.3) is 5.91 Å². The monoisotopic (exact) mass is 400 g/mol. The summed E-state index contributed by atoms with van der Waals surface area (Å²) in [5.74, 6) is 0.159. The molecule has 1 aliphatic rings. The molecule has 144 valence electrons. The molecular weight excluding hydrogens is 380 g/mol. The van der Waals surface area contributed by atoms with Gasteiger partial charge in [-0.05, 0) is 16.7 Å². The zero-order valence-electron chi connectivity index (χ0n) is 16.0. The Hall–Kier alpha value is -3.25. The van der Waals surface area contributed by atoms with Gasteiger partial charge in [0.15, 0.2) is 0 Å². The van der Waals surface area contributed by atoms with Crippen LogP contribution in [0.15, 0.2) is 73.2 Å².